The van der Waals surface area contributed by atoms with E-state index in [0.717, 1.165) is 39.5 Å². The molecule has 0 atom stereocenters. The normalized spacial score (nSPS) is 26.6. The Kier molecular flexibility index (Phi) is 3.98. The third-order valence-corrected chi connectivity index (χ3v) is 5.83. The van der Waals surface area contributed by atoms with Crippen LogP contribution in [0.2, 0.25) is 0 Å². The van der Waals surface area contributed by atoms with Crippen LogP contribution in [0.1, 0.15) is 37.6 Å². The molecule has 20 heavy (non-hydrogen) atoms. The molecule has 2 aromatic rings. The summed E-state index contributed by atoms with van der Waals surface area (Å²) in [5.74, 6) is 0.803. The van der Waals surface area contributed by atoms with Gasteiger partial charge in [-0.3, -0.25) is 0 Å². The van der Waals surface area contributed by atoms with Gasteiger partial charge in [0.1, 0.15) is 5.01 Å². The summed E-state index contributed by atoms with van der Waals surface area (Å²) in [6.07, 6.45) is 4.54. The minimum absolute atomic E-state index is 0.204. The van der Waals surface area contributed by atoms with Gasteiger partial charge in [0.2, 0.25) is 0 Å². The second kappa shape index (κ2) is 5.58. The van der Waals surface area contributed by atoms with Crippen LogP contribution in [0.5, 0.6) is 0 Å². The Balaban J connectivity index is 1.85. The lowest BCUT2D eigenvalue weighted by molar-refractivity contribution is 0.247. The maximum atomic E-state index is 6.60. The van der Waals surface area contributed by atoms with Crippen molar-refractivity contribution < 1.29 is 0 Å². The molecule has 3 rings (SSSR count). The highest BCUT2D eigenvalue weighted by atomic mass is 79.9. The van der Waals surface area contributed by atoms with Gasteiger partial charge in [-0.1, -0.05) is 35.0 Å². The fourth-order valence-electron chi connectivity index (χ4n) is 2.75. The number of rotatable bonds is 2. The molecule has 2 nitrogen and oxygen atoms in total. The third kappa shape index (κ3) is 2.83. The summed E-state index contributed by atoms with van der Waals surface area (Å²) < 4.78 is 1.09. The van der Waals surface area contributed by atoms with Gasteiger partial charge >= 0.3 is 0 Å². The molecule has 0 saturated heterocycles. The van der Waals surface area contributed by atoms with Crippen LogP contribution in [-0.4, -0.2) is 4.98 Å². The summed E-state index contributed by atoms with van der Waals surface area (Å²) in [5, 5.41) is 3.23. The zero-order chi connectivity index (χ0) is 14.2. The van der Waals surface area contributed by atoms with Gasteiger partial charge < -0.3 is 5.73 Å². The predicted octanol–water partition coefficient (Wildman–Crippen LogP) is 4.94. The Morgan fingerprint density at radius 3 is 2.55 bits per heavy atom. The Morgan fingerprint density at radius 2 is 1.90 bits per heavy atom. The Morgan fingerprint density at radius 1 is 1.25 bits per heavy atom. The van der Waals surface area contributed by atoms with Gasteiger partial charge in [-0.05, 0) is 43.7 Å². The predicted molar refractivity (Wildman–Crippen MR) is 88.7 cm³/mol. The molecule has 2 N–H and O–H groups in total. The minimum atomic E-state index is -0.204. The molecule has 1 aliphatic carbocycles. The molecule has 1 saturated carbocycles. The molecule has 0 radical (unpaired) electrons. The van der Waals surface area contributed by atoms with Crippen molar-refractivity contribution in [3.05, 3.63) is 39.1 Å². The molecule has 0 spiro atoms. The van der Waals surface area contributed by atoms with E-state index in [4.69, 9.17) is 10.7 Å². The van der Waals surface area contributed by atoms with E-state index in [1.165, 1.54) is 12.8 Å². The first-order chi connectivity index (χ1) is 9.57. The Bertz CT molecular complexity index is 583. The van der Waals surface area contributed by atoms with Crippen molar-refractivity contribution in [1.29, 1.82) is 0 Å². The van der Waals surface area contributed by atoms with Crippen molar-refractivity contribution in [2.75, 3.05) is 0 Å². The number of hydrogen-bond donors (Lipinski definition) is 1. The molecule has 0 bridgehead atoms. The van der Waals surface area contributed by atoms with Crippen LogP contribution in [-0.2, 0) is 5.54 Å². The van der Waals surface area contributed by atoms with Gasteiger partial charge in [-0.25, -0.2) is 4.98 Å². The molecular formula is C16H19BrN2S. The molecule has 0 unspecified atom stereocenters. The van der Waals surface area contributed by atoms with E-state index in [2.05, 4.69) is 52.5 Å². The summed E-state index contributed by atoms with van der Waals surface area (Å²) >= 11 is 5.17. The lowest BCUT2D eigenvalue weighted by atomic mass is 9.78. The summed E-state index contributed by atoms with van der Waals surface area (Å²) in [4.78, 5) is 4.81. The van der Waals surface area contributed by atoms with Crippen LogP contribution >= 0.6 is 27.3 Å². The second-order valence-corrected chi connectivity index (χ2v) is 7.66. The van der Waals surface area contributed by atoms with Gasteiger partial charge in [-0.2, -0.15) is 0 Å². The van der Waals surface area contributed by atoms with E-state index < -0.39 is 0 Å². The van der Waals surface area contributed by atoms with Gasteiger partial charge in [0, 0.05) is 15.4 Å². The first-order valence-corrected chi connectivity index (χ1v) is 8.75. The minimum Gasteiger partial charge on any atom is -0.319 e. The van der Waals surface area contributed by atoms with Crippen molar-refractivity contribution in [1.82, 2.24) is 4.98 Å². The molecule has 4 heteroatoms. The van der Waals surface area contributed by atoms with Crippen LogP contribution in [0.3, 0.4) is 0 Å². The topological polar surface area (TPSA) is 38.9 Å². The number of nitrogens with zero attached hydrogens (tertiary/aromatic N) is 1. The zero-order valence-corrected chi connectivity index (χ0v) is 14.0. The highest BCUT2D eigenvalue weighted by Gasteiger charge is 2.34. The number of halogens is 1. The molecule has 1 aromatic carbocycles. The van der Waals surface area contributed by atoms with E-state index in [1.807, 2.05) is 0 Å². The molecule has 1 aromatic heterocycles. The molecule has 1 fully saturated rings. The molecule has 0 aliphatic heterocycles. The van der Waals surface area contributed by atoms with E-state index >= 15 is 0 Å². The third-order valence-electron chi connectivity index (χ3n) is 4.24. The highest BCUT2D eigenvalue weighted by molar-refractivity contribution is 9.10. The average molecular weight is 351 g/mol. The lowest BCUT2D eigenvalue weighted by Crippen LogP contribution is -2.40. The van der Waals surface area contributed by atoms with E-state index in [-0.39, 0.29) is 5.54 Å². The van der Waals surface area contributed by atoms with Crippen molar-refractivity contribution in [2.45, 2.75) is 38.1 Å². The first kappa shape index (κ1) is 14.2. The van der Waals surface area contributed by atoms with Crippen LogP contribution in [0.25, 0.3) is 11.3 Å². The molecule has 1 heterocycles. The monoisotopic (exact) mass is 350 g/mol. The van der Waals surface area contributed by atoms with Crippen LogP contribution < -0.4 is 5.73 Å². The fourth-order valence-corrected chi connectivity index (χ4v) is 4.01. The van der Waals surface area contributed by atoms with Gasteiger partial charge in [0.15, 0.2) is 0 Å². The number of hydrogen-bond acceptors (Lipinski definition) is 3. The van der Waals surface area contributed by atoms with Gasteiger partial charge in [0.05, 0.1) is 11.2 Å². The van der Waals surface area contributed by atoms with Crippen molar-refractivity contribution >= 4 is 27.3 Å². The van der Waals surface area contributed by atoms with E-state index in [1.54, 1.807) is 11.3 Å². The first-order valence-electron chi connectivity index (χ1n) is 7.08. The smallest absolute Gasteiger partial charge is 0.113 e. The van der Waals surface area contributed by atoms with Crippen LogP contribution in [0, 0.1) is 5.92 Å². The maximum absolute atomic E-state index is 6.60. The number of aromatic nitrogens is 1. The lowest BCUT2D eigenvalue weighted by Gasteiger charge is -2.34. The zero-order valence-electron chi connectivity index (χ0n) is 11.6. The Labute approximate surface area is 132 Å². The van der Waals surface area contributed by atoms with Crippen molar-refractivity contribution in [2.24, 2.45) is 11.7 Å². The number of nitrogens with two attached hydrogens (primary N) is 1. The summed E-state index contributed by atoms with van der Waals surface area (Å²) in [5.41, 5.74) is 8.59. The highest BCUT2D eigenvalue weighted by Crippen LogP contribution is 2.39. The van der Waals surface area contributed by atoms with Crippen LogP contribution in [0.15, 0.2) is 34.1 Å². The van der Waals surface area contributed by atoms with Crippen molar-refractivity contribution in [3.8, 4) is 11.3 Å². The molecular weight excluding hydrogens is 332 g/mol. The number of benzene rings is 1. The summed E-state index contributed by atoms with van der Waals surface area (Å²) in [7, 11) is 0. The molecule has 1 aliphatic rings. The van der Waals surface area contributed by atoms with Gasteiger partial charge in [0.25, 0.3) is 0 Å². The van der Waals surface area contributed by atoms with E-state index in [0.29, 0.717) is 0 Å². The summed E-state index contributed by atoms with van der Waals surface area (Å²) in [6, 6.07) is 8.29. The number of thiazole rings is 1. The SMILES string of the molecule is CC1CCC(N)(c2nc(-c3ccc(Br)cc3)cs2)CC1. The quantitative estimate of drug-likeness (QED) is 0.833. The molecule has 106 valence electrons. The second-order valence-electron chi connectivity index (χ2n) is 5.88. The maximum Gasteiger partial charge on any atom is 0.113 e. The van der Waals surface area contributed by atoms with Crippen LogP contribution in [0.4, 0.5) is 0 Å². The van der Waals surface area contributed by atoms with E-state index in [9.17, 15) is 0 Å². The standard InChI is InChI=1S/C16H19BrN2S/c1-11-6-8-16(18,9-7-11)15-19-14(10-20-15)12-2-4-13(17)5-3-12/h2-5,10-11H,6-9,18H2,1H3. The molecule has 0 amide bonds. The Hall–Kier alpha value is -0.710. The summed E-state index contributed by atoms with van der Waals surface area (Å²) in [6.45, 7) is 2.31. The average Bonchev–Trinajstić information content (AvgIpc) is 2.94. The van der Waals surface area contributed by atoms with Crippen molar-refractivity contribution in [3.63, 3.8) is 0 Å². The largest absolute Gasteiger partial charge is 0.319 e. The fraction of sp³-hybridized carbons (Fsp3) is 0.438. The van der Waals surface area contributed by atoms with Gasteiger partial charge in [-0.15, -0.1) is 11.3 Å².